The zero-order valence-corrected chi connectivity index (χ0v) is 16.9. The van der Waals surface area contributed by atoms with Crippen LogP contribution in [0, 0.1) is 0 Å². The van der Waals surface area contributed by atoms with Gasteiger partial charge in [-0.1, -0.05) is 35.9 Å². The second-order valence-corrected chi connectivity index (χ2v) is 8.31. The summed E-state index contributed by atoms with van der Waals surface area (Å²) in [6.07, 6.45) is 3.21. The van der Waals surface area contributed by atoms with Crippen LogP contribution in [0.3, 0.4) is 0 Å². The van der Waals surface area contributed by atoms with Gasteiger partial charge in [-0.25, -0.2) is 4.98 Å². The van der Waals surface area contributed by atoms with Crippen LogP contribution < -0.4 is 10.1 Å². The molecule has 2 aromatic carbocycles. The van der Waals surface area contributed by atoms with Gasteiger partial charge in [-0.3, -0.25) is 4.79 Å². The lowest BCUT2D eigenvalue weighted by Gasteiger charge is -2.25. The van der Waals surface area contributed by atoms with Crippen molar-refractivity contribution in [2.75, 3.05) is 0 Å². The van der Waals surface area contributed by atoms with Crippen molar-refractivity contribution in [1.82, 2.24) is 10.3 Å². The first kappa shape index (κ1) is 19.0. The molecular formula is C22H21ClN2O2S. The lowest BCUT2D eigenvalue weighted by Crippen LogP contribution is -2.39. The van der Waals surface area contributed by atoms with Gasteiger partial charge >= 0.3 is 0 Å². The van der Waals surface area contributed by atoms with Crippen molar-refractivity contribution in [3.8, 4) is 5.75 Å². The molecule has 0 fully saturated rings. The molecule has 4 nitrogen and oxygen atoms in total. The first-order chi connectivity index (χ1) is 13.7. The van der Waals surface area contributed by atoms with Gasteiger partial charge in [0.25, 0.3) is 0 Å². The Morgan fingerprint density at radius 2 is 1.96 bits per heavy atom. The monoisotopic (exact) mass is 412 g/mol. The number of hydrogen-bond acceptors (Lipinski definition) is 4. The lowest BCUT2D eigenvalue weighted by atomic mass is 9.88. The number of carbonyl (C=O) groups is 1. The molecule has 0 saturated heterocycles. The molecule has 1 atom stereocenters. The second-order valence-electron chi connectivity index (χ2n) is 6.93. The topological polar surface area (TPSA) is 51.2 Å². The summed E-state index contributed by atoms with van der Waals surface area (Å²) in [6.45, 7) is 0.382. The lowest BCUT2D eigenvalue weighted by molar-refractivity contribution is -0.121. The van der Waals surface area contributed by atoms with Crippen molar-refractivity contribution in [3.63, 3.8) is 0 Å². The third-order valence-electron chi connectivity index (χ3n) is 4.83. The van der Waals surface area contributed by atoms with Crippen LogP contribution in [0.15, 0.2) is 53.9 Å². The molecule has 0 spiro atoms. The summed E-state index contributed by atoms with van der Waals surface area (Å²) in [5.41, 5.74) is 3.53. The van der Waals surface area contributed by atoms with E-state index in [4.69, 9.17) is 16.3 Å². The summed E-state index contributed by atoms with van der Waals surface area (Å²) in [6, 6.07) is 15.9. The maximum absolute atomic E-state index is 12.4. The summed E-state index contributed by atoms with van der Waals surface area (Å²) >= 11 is 7.38. The first-order valence-corrected chi connectivity index (χ1v) is 10.6. The number of benzene rings is 2. The Hall–Kier alpha value is -2.37. The van der Waals surface area contributed by atoms with Gasteiger partial charge in [0.1, 0.15) is 17.4 Å². The molecule has 4 rings (SSSR count). The van der Waals surface area contributed by atoms with Crippen molar-refractivity contribution in [2.24, 2.45) is 0 Å². The number of carbonyl (C=O) groups excluding carboxylic acids is 1. The zero-order chi connectivity index (χ0) is 19.3. The number of fused-ring (bicyclic) bond motifs is 1. The maximum Gasteiger partial charge on any atom is 0.226 e. The Kier molecular flexibility index (Phi) is 5.93. The molecular weight excluding hydrogens is 392 g/mol. The molecule has 0 bridgehead atoms. The average molecular weight is 413 g/mol. The van der Waals surface area contributed by atoms with Gasteiger partial charge in [0.15, 0.2) is 0 Å². The van der Waals surface area contributed by atoms with E-state index in [2.05, 4.69) is 34.6 Å². The van der Waals surface area contributed by atoms with E-state index in [1.54, 1.807) is 12.1 Å². The number of nitrogens with one attached hydrogen (secondary N) is 1. The number of nitrogens with zero attached hydrogens (tertiary/aromatic N) is 1. The van der Waals surface area contributed by atoms with Crippen molar-refractivity contribution in [2.45, 2.75) is 38.3 Å². The Labute approximate surface area is 173 Å². The minimum absolute atomic E-state index is 0.0276. The van der Waals surface area contributed by atoms with E-state index < -0.39 is 0 Å². The zero-order valence-electron chi connectivity index (χ0n) is 15.4. The number of aromatic nitrogens is 1. The third kappa shape index (κ3) is 4.91. The minimum atomic E-state index is 0.0276. The number of ether oxygens (including phenoxy) is 1. The van der Waals surface area contributed by atoms with Crippen molar-refractivity contribution < 1.29 is 9.53 Å². The van der Waals surface area contributed by atoms with Crippen LogP contribution >= 0.6 is 22.9 Å². The molecule has 1 aliphatic carbocycles. The number of aryl methyl sites for hydroxylation is 1. The van der Waals surface area contributed by atoms with Crippen molar-refractivity contribution in [3.05, 3.63) is 80.8 Å². The predicted molar refractivity (Wildman–Crippen MR) is 112 cm³/mol. The van der Waals surface area contributed by atoms with Crippen LogP contribution in [0.5, 0.6) is 5.75 Å². The number of hydrogen-bond donors (Lipinski definition) is 1. The molecule has 1 amide bonds. The molecule has 1 N–H and O–H groups in total. The Morgan fingerprint density at radius 3 is 2.79 bits per heavy atom. The molecule has 0 saturated carbocycles. The molecule has 1 heterocycles. The van der Waals surface area contributed by atoms with Gasteiger partial charge in [-0.2, -0.15) is 0 Å². The molecule has 0 radical (unpaired) electrons. The predicted octanol–water partition coefficient (Wildman–Crippen LogP) is 4.59. The fraction of sp³-hybridized carbons (Fsp3) is 0.273. The highest BCUT2D eigenvalue weighted by molar-refractivity contribution is 7.09. The van der Waals surface area contributed by atoms with E-state index in [9.17, 15) is 4.79 Å². The largest absolute Gasteiger partial charge is 0.486 e. The van der Waals surface area contributed by atoms with Crippen molar-refractivity contribution in [1.29, 1.82) is 0 Å². The third-order valence-corrected chi connectivity index (χ3v) is 5.95. The first-order valence-electron chi connectivity index (χ1n) is 9.33. The van der Waals surface area contributed by atoms with Crippen LogP contribution in [0.25, 0.3) is 0 Å². The standard InChI is InChI=1S/C22H21ClN2O2S/c23-17-6-9-20(10-7-17)27-13-22-25-19(14-28-22)12-21(26)24-18-8-5-15-3-1-2-4-16(15)11-18/h1-4,6-7,9-10,14,18H,5,8,11-13H2,(H,24,26). The fourth-order valence-corrected chi connectivity index (χ4v) is 4.27. The van der Waals surface area contributed by atoms with Crippen LogP contribution in [0.2, 0.25) is 5.02 Å². The molecule has 1 aliphatic rings. The quantitative estimate of drug-likeness (QED) is 0.644. The summed E-state index contributed by atoms with van der Waals surface area (Å²) < 4.78 is 5.71. The Bertz CT molecular complexity index is 955. The smallest absolute Gasteiger partial charge is 0.226 e. The highest BCUT2D eigenvalue weighted by Gasteiger charge is 2.20. The van der Waals surface area contributed by atoms with E-state index in [-0.39, 0.29) is 11.9 Å². The SMILES string of the molecule is O=C(Cc1csc(COc2ccc(Cl)cc2)n1)NC1CCc2ccccc2C1. The molecule has 1 unspecified atom stereocenters. The maximum atomic E-state index is 12.4. The van der Waals surface area contributed by atoms with E-state index in [1.165, 1.54) is 22.5 Å². The van der Waals surface area contributed by atoms with Gasteiger partial charge < -0.3 is 10.1 Å². The fourth-order valence-electron chi connectivity index (χ4n) is 3.44. The summed E-state index contributed by atoms with van der Waals surface area (Å²) in [5, 5.41) is 6.62. The molecule has 28 heavy (non-hydrogen) atoms. The summed E-state index contributed by atoms with van der Waals surface area (Å²) in [4.78, 5) is 16.9. The molecule has 3 aromatic rings. The summed E-state index contributed by atoms with van der Waals surface area (Å²) in [5.74, 6) is 0.774. The normalized spacial score (nSPS) is 15.7. The Morgan fingerprint density at radius 1 is 1.18 bits per heavy atom. The number of amides is 1. The number of thiazole rings is 1. The second kappa shape index (κ2) is 8.76. The van der Waals surface area contributed by atoms with Crippen LogP contribution in [-0.4, -0.2) is 16.9 Å². The van der Waals surface area contributed by atoms with Gasteiger partial charge in [0, 0.05) is 16.4 Å². The van der Waals surface area contributed by atoms with E-state index in [0.29, 0.717) is 18.1 Å². The number of halogens is 1. The molecule has 1 aromatic heterocycles. The van der Waals surface area contributed by atoms with Crippen LogP contribution in [0.4, 0.5) is 0 Å². The molecule has 0 aliphatic heterocycles. The van der Waals surface area contributed by atoms with Gasteiger partial charge in [-0.15, -0.1) is 11.3 Å². The van der Waals surface area contributed by atoms with Gasteiger partial charge in [-0.05, 0) is 54.7 Å². The minimum Gasteiger partial charge on any atom is -0.486 e. The average Bonchev–Trinajstić information content (AvgIpc) is 3.14. The Balaban J connectivity index is 1.27. The van der Waals surface area contributed by atoms with E-state index in [1.807, 2.05) is 17.5 Å². The van der Waals surface area contributed by atoms with Gasteiger partial charge in [0.05, 0.1) is 12.1 Å². The van der Waals surface area contributed by atoms with Crippen LogP contribution in [0.1, 0.15) is 28.2 Å². The van der Waals surface area contributed by atoms with Crippen molar-refractivity contribution >= 4 is 28.8 Å². The highest BCUT2D eigenvalue weighted by Crippen LogP contribution is 2.21. The summed E-state index contributed by atoms with van der Waals surface area (Å²) in [7, 11) is 0. The van der Waals surface area contributed by atoms with E-state index in [0.717, 1.165) is 35.7 Å². The van der Waals surface area contributed by atoms with Crippen LogP contribution in [-0.2, 0) is 30.7 Å². The highest BCUT2D eigenvalue weighted by atomic mass is 35.5. The molecule has 6 heteroatoms. The van der Waals surface area contributed by atoms with Gasteiger partial charge in [0.2, 0.25) is 5.91 Å². The number of rotatable bonds is 6. The van der Waals surface area contributed by atoms with E-state index >= 15 is 0 Å². The molecule has 144 valence electrons.